The number of alkyl halides is 3. The molecule has 0 aromatic heterocycles. The Morgan fingerprint density at radius 1 is 0.576 bits per heavy atom. The average Bonchev–Trinajstić information content (AvgIpc) is 2.72. The summed E-state index contributed by atoms with van der Waals surface area (Å²) in [6.45, 7) is 0. The number of rotatable bonds is 4. The van der Waals surface area contributed by atoms with Crippen LogP contribution in [-0.4, -0.2) is 0 Å². The van der Waals surface area contributed by atoms with Crippen LogP contribution in [0.25, 0.3) is 0 Å². The van der Waals surface area contributed by atoms with Gasteiger partial charge in [0.25, 0.3) is 0 Å². The molecule has 0 fully saturated rings. The summed E-state index contributed by atoms with van der Waals surface area (Å²) in [6, 6.07) is 0.374. The van der Waals surface area contributed by atoms with Gasteiger partial charge in [-0.2, -0.15) is 17.6 Å². The summed E-state index contributed by atoms with van der Waals surface area (Å²) in [7, 11) is 0. The molecule has 0 aliphatic rings. The molecule has 33 heavy (non-hydrogen) atoms. The third kappa shape index (κ3) is 4.27. The minimum absolute atomic E-state index is 0.0364. The number of nitrogens with two attached hydrogens (primary N) is 2. The highest BCUT2D eigenvalue weighted by atomic mass is 19.4. The van der Waals surface area contributed by atoms with E-state index >= 15 is 0 Å². The summed E-state index contributed by atoms with van der Waals surface area (Å²) in [4.78, 5) is 0. The molecule has 0 saturated heterocycles. The molecule has 0 aliphatic carbocycles. The van der Waals surface area contributed by atoms with Crippen LogP contribution >= 0.6 is 0 Å². The van der Waals surface area contributed by atoms with Gasteiger partial charge in [0.05, 0.1) is 0 Å². The molecule has 3 aromatic rings. The fourth-order valence-electron chi connectivity index (χ4n) is 2.51. The van der Waals surface area contributed by atoms with Crippen molar-refractivity contribution in [3.8, 4) is 23.0 Å². The molecule has 0 aliphatic heterocycles. The fourth-order valence-corrected chi connectivity index (χ4v) is 2.51. The molecule has 0 spiro atoms. The molecule has 14 heteroatoms. The predicted molar refractivity (Wildman–Crippen MR) is 93.0 cm³/mol. The van der Waals surface area contributed by atoms with Crippen molar-refractivity contribution in [1.29, 1.82) is 0 Å². The summed E-state index contributed by atoms with van der Waals surface area (Å²) >= 11 is 0. The molecule has 4 N–H and O–H groups in total. The van der Waals surface area contributed by atoms with Gasteiger partial charge in [-0.15, -0.1) is 0 Å². The smallest absolute Gasteiger partial charge is 0.420 e. The first-order valence-corrected chi connectivity index (χ1v) is 8.35. The normalized spacial score (nSPS) is 11.6. The van der Waals surface area contributed by atoms with Crippen LogP contribution in [0.3, 0.4) is 0 Å². The van der Waals surface area contributed by atoms with Crippen molar-refractivity contribution >= 4 is 11.4 Å². The third-order valence-corrected chi connectivity index (χ3v) is 4.11. The number of ether oxygens (including phenoxy) is 2. The highest BCUT2D eigenvalue weighted by Crippen LogP contribution is 2.45. The zero-order valence-electron chi connectivity index (χ0n) is 15.6. The Morgan fingerprint density at radius 2 is 1.03 bits per heavy atom. The lowest BCUT2D eigenvalue weighted by Gasteiger charge is -2.18. The maximum absolute atomic E-state index is 14.9. The van der Waals surface area contributed by atoms with E-state index in [2.05, 4.69) is 9.47 Å². The molecule has 4 nitrogen and oxygen atoms in total. The summed E-state index contributed by atoms with van der Waals surface area (Å²) in [5.41, 5.74) is 5.49. The highest BCUT2D eigenvalue weighted by Gasteiger charge is 2.38. The van der Waals surface area contributed by atoms with E-state index in [4.69, 9.17) is 11.5 Å². The Balaban J connectivity index is 2.19. The molecule has 3 rings (SSSR count). The van der Waals surface area contributed by atoms with Crippen molar-refractivity contribution in [2.24, 2.45) is 0 Å². The fraction of sp³-hybridized carbons (Fsp3) is 0.0526. The van der Waals surface area contributed by atoms with Crippen LogP contribution in [0.1, 0.15) is 5.56 Å². The van der Waals surface area contributed by atoms with E-state index in [1.54, 1.807) is 0 Å². The second kappa shape index (κ2) is 8.26. The second-order valence-electron chi connectivity index (χ2n) is 6.25. The van der Waals surface area contributed by atoms with Gasteiger partial charge in [-0.25, -0.2) is 26.3 Å². The van der Waals surface area contributed by atoms with Gasteiger partial charge < -0.3 is 20.9 Å². The van der Waals surface area contributed by atoms with E-state index in [9.17, 15) is 43.9 Å². The molecule has 0 radical (unpaired) electrons. The van der Waals surface area contributed by atoms with E-state index in [1.807, 2.05) is 0 Å². The van der Waals surface area contributed by atoms with Crippen LogP contribution in [0.2, 0.25) is 0 Å². The molecule has 0 amide bonds. The Kier molecular flexibility index (Phi) is 5.96. The Labute approximate surface area is 176 Å². The van der Waals surface area contributed by atoms with E-state index in [0.717, 1.165) is 0 Å². The van der Waals surface area contributed by atoms with Crippen LogP contribution in [0.4, 0.5) is 55.3 Å². The minimum atomic E-state index is -5.37. The van der Waals surface area contributed by atoms with E-state index in [1.165, 1.54) is 0 Å². The van der Waals surface area contributed by atoms with Crippen molar-refractivity contribution in [3.63, 3.8) is 0 Å². The van der Waals surface area contributed by atoms with Gasteiger partial charge in [-0.1, -0.05) is 0 Å². The van der Waals surface area contributed by atoms with Crippen LogP contribution in [-0.2, 0) is 6.18 Å². The highest BCUT2D eigenvalue weighted by molar-refractivity contribution is 5.54. The van der Waals surface area contributed by atoms with Gasteiger partial charge in [-0.05, 0) is 12.1 Å². The van der Waals surface area contributed by atoms with E-state index < -0.39 is 86.8 Å². The van der Waals surface area contributed by atoms with E-state index in [0.29, 0.717) is 0 Å². The third-order valence-electron chi connectivity index (χ3n) is 4.11. The molecule has 0 saturated carbocycles. The second-order valence-corrected chi connectivity index (χ2v) is 6.25. The van der Waals surface area contributed by atoms with Crippen molar-refractivity contribution in [2.75, 3.05) is 11.5 Å². The monoisotopic (exact) mass is 486 g/mol. The molecule has 3 aromatic carbocycles. The maximum atomic E-state index is 14.9. The zero-order valence-corrected chi connectivity index (χ0v) is 15.6. The number of halogens is 10. The molecule has 0 bridgehead atoms. The molecule has 0 atom stereocenters. The van der Waals surface area contributed by atoms with Gasteiger partial charge in [0.1, 0.15) is 16.9 Å². The first-order valence-electron chi connectivity index (χ1n) is 8.35. The van der Waals surface area contributed by atoms with Crippen molar-refractivity contribution in [1.82, 2.24) is 0 Å². The SMILES string of the molecule is Nc1c(F)cc(F)c(Oc2ccc(C(F)(F)F)c(Oc3c(F)cc(F)c(N)c3F)c2F)c1F. The van der Waals surface area contributed by atoms with Gasteiger partial charge in [-0.3, -0.25) is 0 Å². The topological polar surface area (TPSA) is 70.5 Å². The summed E-state index contributed by atoms with van der Waals surface area (Å²) in [6.07, 6.45) is -5.37. The van der Waals surface area contributed by atoms with Gasteiger partial charge in [0.15, 0.2) is 46.4 Å². The molecule has 0 unspecified atom stereocenters. The average molecular weight is 486 g/mol. The van der Waals surface area contributed by atoms with Gasteiger partial charge in [0.2, 0.25) is 17.3 Å². The van der Waals surface area contributed by atoms with Crippen LogP contribution in [0, 0.1) is 40.7 Å². The van der Waals surface area contributed by atoms with Crippen molar-refractivity contribution in [3.05, 3.63) is 70.5 Å². The molecular weight excluding hydrogens is 478 g/mol. The Hall–Kier alpha value is -3.84. The predicted octanol–water partition coefficient (Wildman–Crippen LogP) is 6.43. The standard InChI is InChI=1S/C19H8F10N2O2/c20-6-3-8(22)17(12(25)14(6)30)32-10-2-1-5(19(27,28)29)16(11(10)24)33-18-9(23)4-7(21)15(31)13(18)26/h1-4H,30-31H2. The zero-order chi connectivity index (χ0) is 24.8. The van der Waals surface area contributed by atoms with Crippen molar-refractivity contribution < 1.29 is 53.4 Å². The molecule has 176 valence electrons. The van der Waals surface area contributed by atoms with Gasteiger partial charge >= 0.3 is 6.18 Å². The lowest BCUT2D eigenvalue weighted by atomic mass is 10.1. The van der Waals surface area contributed by atoms with Gasteiger partial charge in [0, 0.05) is 12.1 Å². The maximum Gasteiger partial charge on any atom is 0.420 e. The van der Waals surface area contributed by atoms with E-state index in [-0.39, 0.29) is 24.3 Å². The van der Waals surface area contributed by atoms with Crippen molar-refractivity contribution in [2.45, 2.75) is 6.18 Å². The molecule has 0 heterocycles. The van der Waals surface area contributed by atoms with Crippen LogP contribution < -0.4 is 20.9 Å². The van der Waals surface area contributed by atoms with Crippen LogP contribution in [0.15, 0.2) is 24.3 Å². The Bertz CT molecular complexity index is 1260. The first-order chi connectivity index (χ1) is 15.2. The number of nitrogen functional groups attached to an aromatic ring is 2. The lowest BCUT2D eigenvalue weighted by molar-refractivity contribution is -0.138. The number of anilines is 2. The summed E-state index contributed by atoms with van der Waals surface area (Å²) in [5.74, 6) is -19.2. The largest absolute Gasteiger partial charge is 0.448 e. The van der Waals surface area contributed by atoms with Crippen LogP contribution in [0.5, 0.6) is 23.0 Å². The Morgan fingerprint density at radius 3 is 1.48 bits per heavy atom. The number of hydrogen-bond donors (Lipinski definition) is 2. The number of benzene rings is 3. The minimum Gasteiger partial charge on any atom is -0.448 e. The quantitative estimate of drug-likeness (QED) is 0.330. The summed E-state index contributed by atoms with van der Waals surface area (Å²) in [5, 5.41) is 0. The number of hydrogen-bond acceptors (Lipinski definition) is 4. The first kappa shape index (κ1) is 23.8. The lowest BCUT2D eigenvalue weighted by Crippen LogP contribution is -2.11. The molecular formula is C19H8F10N2O2. The summed E-state index contributed by atoms with van der Waals surface area (Å²) < 4.78 is 146.